The lowest BCUT2D eigenvalue weighted by Crippen LogP contribution is -2.16. The summed E-state index contributed by atoms with van der Waals surface area (Å²) in [6.45, 7) is 3.60. The van der Waals surface area contributed by atoms with Gasteiger partial charge in [-0.2, -0.15) is 13.2 Å². The van der Waals surface area contributed by atoms with Crippen molar-refractivity contribution in [2.24, 2.45) is 4.99 Å². The molecule has 0 fully saturated rings. The molecule has 0 bridgehead atoms. The highest BCUT2D eigenvalue weighted by Gasteiger charge is 2.31. The molecule has 3 rings (SSSR count). The Hall–Kier alpha value is -4.12. The van der Waals surface area contributed by atoms with Crippen LogP contribution in [0.15, 0.2) is 59.9 Å². The van der Waals surface area contributed by atoms with E-state index in [2.05, 4.69) is 25.6 Å². The molecule has 0 spiro atoms. The highest BCUT2D eigenvalue weighted by atomic mass is 35.5. The van der Waals surface area contributed by atoms with Gasteiger partial charge in [0, 0.05) is 29.1 Å². The zero-order valence-electron chi connectivity index (χ0n) is 19.8. The molecular weight excluding hydrogens is 509 g/mol. The third kappa shape index (κ3) is 7.68. The van der Waals surface area contributed by atoms with E-state index in [1.165, 1.54) is 36.7 Å². The minimum absolute atomic E-state index is 0.0142. The number of carbonyl (C=O) groups is 2. The number of halogens is 4. The van der Waals surface area contributed by atoms with E-state index in [1.54, 1.807) is 6.92 Å². The summed E-state index contributed by atoms with van der Waals surface area (Å²) < 4.78 is 38.8. The van der Waals surface area contributed by atoms with E-state index in [0.717, 1.165) is 23.9 Å². The van der Waals surface area contributed by atoms with Crippen molar-refractivity contribution in [3.63, 3.8) is 0 Å². The standard InChI is InChI=1S/C25H22ClF3N6O2/c1-3-17(9-14(2)30)35-24-31-12-19(13-32-24)34-23(37)20-11-18(7-8-21(20)26)33-22(36)15-5-4-6-16(10-15)25(27,28)29/h4-8,10-13,30H,3,9H2,1-2H3,(H,33,36)(H,34,37). The smallest absolute Gasteiger partial charge is 0.322 e. The van der Waals surface area contributed by atoms with Crippen molar-refractivity contribution in [3.05, 3.63) is 76.6 Å². The number of aromatic nitrogens is 2. The summed E-state index contributed by atoms with van der Waals surface area (Å²) in [5.41, 5.74) is 0.505. The number of amides is 2. The SMILES string of the molecule is CCC(CC(C)=N)=Nc1ncc(NC(=O)c2cc(NC(=O)c3cccc(C(F)(F)F)c3)ccc2Cl)cn1. The Morgan fingerprint density at radius 3 is 2.32 bits per heavy atom. The monoisotopic (exact) mass is 530 g/mol. The molecule has 12 heteroatoms. The first-order valence-electron chi connectivity index (χ1n) is 11.0. The third-order valence-electron chi connectivity index (χ3n) is 4.95. The first kappa shape index (κ1) is 27.5. The highest BCUT2D eigenvalue weighted by Crippen LogP contribution is 2.30. The molecule has 0 unspecified atom stereocenters. The maximum absolute atomic E-state index is 12.9. The van der Waals surface area contributed by atoms with E-state index >= 15 is 0 Å². The summed E-state index contributed by atoms with van der Waals surface area (Å²) >= 11 is 6.16. The summed E-state index contributed by atoms with van der Waals surface area (Å²) in [6, 6.07) is 8.08. The van der Waals surface area contributed by atoms with Gasteiger partial charge in [-0.3, -0.25) is 9.59 Å². The van der Waals surface area contributed by atoms with Crippen molar-refractivity contribution < 1.29 is 22.8 Å². The normalized spacial score (nSPS) is 11.7. The molecule has 3 aromatic rings. The summed E-state index contributed by atoms with van der Waals surface area (Å²) in [4.78, 5) is 37.8. The van der Waals surface area contributed by atoms with Crippen LogP contribution >= 0.6 is 11.6 Å². The number of aliphatic imine (C=N–C) groups is 1. The van der Waals surface area contributed by atoms with Crippen LogP contribution in [0.5, 0.6) is 0 Å². The Bertz CT molecular complexity index is 1360. The van der Waals surface area contributed by atoms with Gasteiger partial charge >= 0.3 is 6.18 Å². The van der Waals surface area contributed by atoms with Crippen molar-refractivity contribution in [1.82, 2.24) is 9.97 Å². The van der Waals surface area contributed by atoms with Crippen molar-refractivity contribution in [2.45, 2.75) is 32.9 Å². The van der Waals surface area contributed by atoms with Crippen LogP contribution < -0.4 is 10.6 Å². The van der Waals surface area contributed by atoms with Crippen molar-refractivity contribution in [1.29, 1.82) is 5.41 Å². The summed E-state index contributed by atoms with van der Waals surface area (Å²) in [7, 11) is 0. The largest absolute Gasteiger partial charge is 0.416 e. The van der Waals surface area contributed by atoms with Crippen molar-refractivity contribution >= 4 is 52.2 Å². The van der Waals surface area contributed by atoms with Crippen LogP contribution in [0.1, 0.15) is 53.0 Å². The molecule has 0 radical (unpaired) electrons. The van der Waals surface area contributed by atoms with Gasteiger partial charge in [-0.25, -0.2) is 15.0 Å². The second-order valence-corrected chi connectivity index (χ2v) is 8.35. The quantitative estimate of drug-likeness (QED) is 0.285. The van der Waals surface area contributed by atoms with Crippen molar-refractivity contribution in [3.8, 4) is 0 Å². The van der Waals surface area contributed by atoms with Crippen LogP contribution in [0.2, 0.25) is 5.02 Å². The fraction of sp³-hybridized carbons (Fsp3) is 0.200. The molecule has 2 amide bonds. The Balaban J connectivity index is 1.73. The van der Waals surface area contributed by atoms with Crippen LogP contribution in [0, 0.1) is 5.41 Å². The molecule has 0 aliphatic carbocycles. The molecule has 192 valence electrons. The zero-order chi connectivity index (χ0) is 27.2. The second-order valence-electron chi connectivity index (χ2n) is 7.94. The number of nitrogens with one attached hydrogen (secondary N) is 3. The molecule has 0 saturated carbocycles. The second kappa shape index (κ2) is 11.7. The Kier molecular flexibility index (Phi) is 8.72. The van der Waals surface area contributed by atoms with Gasteiger partial charge < -0.3 is 16.0 Å². The van der Waals surface area contributed by atoms with E-state index in [-0.39, 0.29) is 33.5 Å². The van der Waals surface area contributed by atoms with E-state index in [0.29, 0.717) is 18.6 Å². The lowest BCUT2D eigenvalue weighted by Gasteiger charge is -2.11. The maximum atomic E-state index is 12.9. The minimum Gasteiger partial charge on any atom is -0.322 e. The predicted octanol–water partition coefficient (Wildman–Crippen LogP) is 6.57. The fourth-order valence-corrected chi connectivity index (χ4v) is 3.35. The fourth-order valence-electron chi connectivity index (χ4n) is 3.15. The minimum atomic E-state index is -4.59. The maximum Gasteiger partial charge on any atom is 0.416 e. The molecule has 3 N–H and O–H groups in total. The zero-order valence-corrected chi connectivity index (χ0v) is 20.5. The highest BCUT2D eigenvalue weighted by molar-refractivity contribution is 6.34. The van der Waals surface area contributed by atoms with Gasteiger partial charge in [-0.15, -0.1) is 0 Å². The average Bonchev–Trinajstić information content (AvgIpc) is 2.85. The molecule has 0 aliphatic heterocycles. The van der Waals surface area contributed by atoms with Crippen LogP contribution in [0.4, 0.5) is 30.5 Å². The van der Waals surface area contributed by atoms with Gasteiger partial charge in [0.15, 0.2) is 0 Å². The number of hydrogen-bond donors (Lipinski definition) is 3. The Morgan fingerprint density at radius 2 is 1.70 bits per heavy atom. The van der Waals surface area contributed by atoms with E-state index in [1.807, 2.05) is 6.92 Å². The predicted molar refractivity (Wildman–Crippen MR) is 136 cm³/mol. The molecule has 0 saturated heterocycles. The number of rotatable bonds is 8. The van der Waals surface area contributed by atoms with Crippen LogP contribution in [0.3, 0.4) is 0 Å². The first-order valence-corrected chi connectivity index (χ1v) is 11.4. The van der Waals surface area contributed by atoms with Gasteiger partial charge in [0.25, 0.3) is 11.8 Å². The van der Waals surface area contributed by atoms with Gasteiger partial charge in [-0.05, 0) is 49.7 Å². The number of anilines is 2. The number of hydrogen-bond acceptors (Lipinski definition) is 6. The van der Waals surface area contributed by atoms with E-state index < -0.39 is 23.6 Å². The van der Waals surface area contributed by atoms with Gasteiger partial charge in [0.2, 0.25) is 5.95 Å². The average molecular weight is 531 g/mol. The number of nitrogens with zero attached hydrogens (tertiary/aromatic N) is 3. The molecule has 1 heterocycles. The summed E-state index contributed by atoms with van der Waals surface area (Å²) in [5.74, 6) is -1.21. The summed E-state index contributed by atoms with van der Waals surface area (Å²) in [6.07, 6.45) is -0.814. The number of benzene rings is 2. The van der Waals surface area contributed by atoms with Crippen LogP contribution in [-0.4, -0.2) is 33.2 Å². The third-order valence-corrected chi connectivity index (χ3v) is 5.28. The number of carbonyl (C=O) groups excluding carboxylic acids is 2. The molecule has 0 aliphatic rings. The molecule has 1 aromatic heterocycles. The first-order chi connectivity index (χ1) is 17.5. The lowest BCUT2D eigenvalue weighted by molar-refractivity contribution is -0.137. The van der Waals surface area contributed by atoms with Crippen molar-refractivity contribution in [2.75, 3.05) is 10.6 Å². The Labute approximate surface area is 215 Å². The molecule has 0 atom stereocenters. The Morgan fingerprint density at radius 1 is 1.03 bits per heavy atom. The lowest BCUT2D eigenvalue weighted by atomic mass is 10.1. The van der Waals surface area contributed by atoms with Gasteiger partial charge in [0.05, 0.1) is 34.2 Å². The topological polar surface area (TPSA) is 120 Å². The van der Waals surface area contributed by atoms with Gasteiger partial charge in [-0.1, -0.05) is 24.6 Å². The van der Waals surface area contributed by atoms with Crippen LogP contribution in [-0.2, 0) is 6.18 Å². The van der Waals surface area contributed by atoms with Crippen LogP contribution in [0.25, 0.3) is 0 Å². The number of alkyl halides is 3. The molecule has 2 aromatic carbocycles. The van der Waals surface area contributed by atoms with E-state index in [9.17, 15) is 22.8 Å². The molecular formula is C25H22ClF3N6O2. The van der Waals surface area contributed by atoms with E-state index in [4.69, 9.17) is 17.0 Å². The molecule has 37 heavy (non-hydrogen) atoms. The molecule has 8 nitrogen and oxygen atoms in total. The van der Waals surface area contributed by atoms with Gasteiger partial charge in [0.1, 0.15) is 0 Å². The summed E-state index contributed by atoms with van der Waals surface area (Å²) in [5, 5.41) is 12.7.